The first kappa shape index (κ1) is 32.0. The van der Waals surface area contributed by atoms with Crippen molar-refractivity contribution in [2.75, 3.05) is 25.2 Å². The van der Waals surface area contributed by atoms with E-state index in [1.165, 1.54) is 29.8 Å². The molecule has 1 aliphatic rings. The summed E-state index contributed by atoms with van der Waals surface area (Å²) in [5.74, 6) is -0.591. The predicted molar refractivity (Wildman–Crippen MR) is 172 cm³/mol. The number of ether oxygens (including phenoxy) is 3. The second-order valence-corrected chi connectivity index (χ2v) is 12.1. The smallest absolute Gasteiger partial charge is 0.301 e. The second-order valence-electron chi connectivity index (χ2n) is 9.97. The van der Waals surface area contributed by atoms with Gasteiger partial charge < -0.3 is 19.3 Å². The summed E-state index contributed by atoms with van der Waals surface area (Å²) in [5.41, 5.74) is 1.23. The lowest BCUT2D eigenvalue weighted by Crippen LogP contribution is -2.29. The number of aliphatic hydroxyl groups is 1. The van der Waals surface area contributed by atoms with E-state index in [0.717, 1.165) is 24.2 Å². The van der Waals surface area contributed by atoms with Gasteiger partial charge >= 0.3 is 5.91 Å². The topological polar surface area (TPSA) is 111 Å². The molecule has 1 amide bonds. The van der Waals surface area contributed by atoms with Gasteiger partial charge in [-0.3, -0.25) is 14.5 Å². The number of anilines is 1. The summed E-state index contributed by atoms with van der Waals surface area (Å²) in [5, 5.41) is 20.1. The highest BCUT2D eigenvalue weighted by Gasteiger charge is 2.48. The zero-order valence-corrected chi connectivity index (χ0v) is 26.6. The molecular weight excluding hydrogens is 618 g/mol. The van der Waals surface area contributed by atoms with Crippen LogP contribution in [0.1, 0.15) is 49.4 Å². The largest absolute Gasteiger partial charge is 0.507 e. The number of carbonyl (C=O) groups excluding carboxylic acids is 2. The summed E-state index contributed by atoms with van der Waals surface area (Å²) in [4.78, 5) is 28.5. The number of halogens is 1. The lowest BCUT2D eigenvalue weighted by atomic mass is 9.95. The Morgan fingerprint density at radius 3 is 2.51 bits per heavy atom. The molecule has 4 aromatic rings. The maximum atomic E-state index is 14.2. The molecule has 0 radical (unpaired) electrons. The summed E-state index contributed by atoms with van der Waals surface area (Å²) in [6.07, 6.45) is 1.90. The van der Waals surface area contributed by atoms with Crippen molar-refractivity contribution < 1.29 is 33.3 Å². The number of amides is 1. The third-order valence-electron chi connectivity index (χ3n) is 7.05. The van der Waals surface area contributed by atoms with Gasteiger partial charge in [-0.25, -0.2) is 4.39 Å². The van der Waals surface area contributed by atoms with Crippen molar-refractivity contribution in [2.45, 2.75) is 42.8 Å². The highest BCUT2D eigenvalue weighted by atomic mass is 32.2. The Kier molecular flexibility index (Phi) is 10.4. The molecule has 0 spiro atoms. The van der Waals surface area contributed by atoms with Crippen molar-refractivity contribution in [3.63, 3.8) is 0 Å². The van der Waals surface area contributed by atoms with Crippen LogP contribution in [0.4, 0.5) is 9.52 Å². The average Bonchev–Trinajstić information content (AvgIpc) is 3.62. The van der Waals surface area contributed by atoms with E-state index in [4.69, 9.17) is 14.2 Å². The van der Waals surface area contributed by atoms with E-state index < -0.39 is 17.7 Å². The minimum atomic E-state index is -1.05. The summed E-state index contributed by atoms with van der Waals surface area (Å²) >= 11 is 2.36. The van der Waals surface area contributed by atoms with Crippen LogP contribution in [0.5, 0.6) is 17.2 Å². The highest BCUT2D eigenvalue weighted by Crippen LogP contribution is 2.45. The van der Waals surface area contributed by atoms with Crippen molar-refractivity contribution >= 4 is 45.7 Å². The molecule has 0 bridgehead atoms. The summed E-state index contributed by atoms with van der Waals surface area (Å²) in [6, 6.07) is 17.2. The third kappa shape index (κ3) is 6.97. The normalized spacial score (nSPS) is 15.8. The quantitative estimate of drug-likeness (QED) is 0.0402. The second kappa shape index (κ2) is 14.6. The maximum Gasteiger partial charge on any atom is 0.301 e. The van der Waals surface area contributed by atoms with Crippen LogP contribution in [0.25, 0.3) is 5.76 Å². The number of hydrogen-bond donors (Lipinski definition) is 1. The van der Waals surface area contributed by atoms with Gasteiger partial charge in [0.15, 0.2) is 15.8 Å². The highest BCUT2D eigenvalue weighted by molar-refractivity contribution is 8.00. The molecule has 0 aliphatic carbocycles. The van der Waals surface area contributed by atoms with Crippen molar-refractivity contribution in [3.8, 4) is 17.2 Å². The molecular formula is C33H32FN3O6S2. The Bertz CT molecular complexity index is 1710. The summed E-state index contributed by atoms with van der Waals surface area (Å²) < 4.78 is 31.6. The van der Waals surface area contributed by atoms with E-state index in [-0.39, 0.29) is 22.3 Å². The van der Waals surface area contributed by atoms with Crippen LogP contribution in [0.15, 0.2) is 76.6 Å². The molecule has 1 N–H and O–H groups in total. The molecule has 2 heterocycles. The fraction of sp³-hybridized carbons (Fsp3) is 0.273. The molecule has 12 heteroatoms. The van der Waals surface area contributed by atoms with E-state index in [0.29, 0.717) is 57.2 Å². The number of carbonyl (C=O) groups is 2. The van der Waals surface area contributed by atoms with Crippen molar-refractivity contribution in [2.24, 2.45) is 0 Å². The molecule has 1 unspecified atom stereocenters. The first-order valence-corrected chi connectivity index (χ1v) is 16.2. The van der Waals surface area contributed by atoms with Crippen LogP contribution in [0.3, 0.4) is 0 Å². The van der Waals surface area contributed by atoms with Gasteiger partial charge in [-0.1, -0.05) is 60.7 Å². The van der Waals surface area contributed by atoms with E-state index in [1.54, 1.807) is 60.7 Å². The minimum Gasteiger partial charge on any atom is -0.507 e. The first-order valence-electron chi connectivity index (χ1n) is 14.4. The van der Waals surface area contributed by atoms with Crippen LogP contribution in [0.2, 0.25) is 0 Å². The SMILES string of the molecule is CCCCOc1ccc(C(O)=C2C(=O)C(=O)N(c3nnc(SCc4ccccc4F)s3)C2c2ccc(OCC)c(OC)c2)cc1. The molecule has 5 rings (SSSR count). The lowest BCUT2D eigenvalue weighted by molar-refractivity contribution is -0.132. The Morgan fingerprint density at radius 2 is 1.80 bits per heavy atom. The summed E-state index contributed by atoms with van der Waals surface area (Å²) in [6.45, 7) is 4.89. The van der Waals surface area contributed by atoms with Gasteiger partial charge in [0, 0.05) is 11.3 Å². The van der Waals surface area contributed by atoms with Crippen molar-refractivity contribution in [3.05, 3.63) is 94.8 Å². The van der Waals surface area contributed by atoms with Crippen LogP contribution in [-0.2, 0) is 15.3 Å². The van der Waals surface area contributed by atoms with Crippen LogP contribution in [0, 0.1) is 5.82 Å². The van der Waals surface area contributed by atoms with Gasteiger partial charge in [0.2, 0.25) is 5.13 Å². The number of ketones is 1. The number of nitrogens with zero attached hydrogens (tertiary/aromatic N) is 3. The molecule has 1 aliphatic heterocycles. The molecule has 1 atom stereocenters. The van der Waals surface area contributed by atoms with Crippen molar-refractivity contribution in [1.82, 2.24) is 10.2 Å². The van der Waals surface area contributed by atoms with Gasteiger partial charge in [-0.05, 0) is 66.9 Å². The first-order chi connectivity index (χ1) is 21.9. The number of Topliss-reactive ketones (excluding diaryl/α,β-unsaturated/α-hetero) is 1. The number of aliphatic hydroxyl groups excluding tert-OH is 1. The van der Waals surface area contributed by atoms with E-state index in [9.17, 15) is 19.1 Å². The number of methoxy groups -OCH3 is 1. The number of unbranched alkanes of at least 4 members (excludes halogenated alkanes) is 1. The zero-order valence-electron chi connectivity index (χ0n) is 25.0. The van der Waals surface area contributed by atoms with Gasteiger partial charge in [-0.15, -0.1) is 10.2 Å². The van der Waals surface area contributed by atoms with Gasteiger partial charge in [-0.2, -0.15) is 0 Å². The number of hydrogen-bond acceptors (Lipinski definition) is 10. The van der Waals surface area contributed by atoms with E-state index >= 15 is 0 Å². The van der Waals surface area contributed by atoms with Gasteiger partial charge in [0.1, 0.15) is 17.3 Å². The third-order valence-corrected chi connectivity index (χ3v) is 9.16. The summed E-state index contributed by atoms with van der Waals surface area (Å²) in [7, 11) is 1.49. The van der Waals surface area contributed by atoms with Crippen molar-refractivity contribution in [1.29, 1.82) is 0 Å². The Hall–Kier alpha value is -4.42. The molecule has 234 valence electrons. The number of rotatable bonds is 13. The standard InChI is InChI=1S/C33H32FN3O6S2/c1-4-6-17-43-23-14-11-20(12-15-23)29(38)27-28(21-13-16-25(42-5-2)26(18-21)41-3)37(31(40)30(27)39)32-35-36-33(45-32)44-19-22-9-7-8-10-24(22)34/h7-16,18,28,38H,4-6,17,19H2,1-3H3. The molecule has 45 heavy (non-hydrogen) atoms. The monoisotopic (exact) mass is 649 g/mol. The molecule has 3 aromatic carbocycles. The Morgan fingerprint density at radius 1 is 1.02 bits per heavy atom. The molecule has 1 aromatic heterocycles. The Balaban J connectivity index is 1.54. The van der Waals surface area contributed by atoms with Gasteiger partial charge in [0.25, 0.3) is 5.78 Å². The van der Waals surface area contributed by atoms with Crippen LogP contribution in [-0.4, -0.2) is 47.3 Å². The lowest BCUT2D eigenvalue weighted by Gasteiger charge is -2.23. The molecule has 1 fully saturated rings. The average molecular weight is 650 g/mol. The maximum absolute atomic E-state index is 14.2. The fourth-order valence-electron chi connectivity index (χ4n) is 4.79. The number of thioether (sulfide) groups is 1. The minimum absolute atomic E-state index is 0.110. The zero-order chi connectivity index (χ0) is 31.9. The Labute approximate surface area is 268 Å². The molecule has 1 saturated heterocycles. The van der Waals surface area contributed by atoms with E-state index in [2.05, 4.69) is 17.1 Å². The van der Waals surface area contributed by atoms with Gasteiger partial charge in [0.05, 0.1) is 31.9 Å². The number of aromatic nitrogens is 2. The van der Waals surface area contributed by atoms with Crippen LogP contribution >= 0.6 is 23.1 Å². The van der Waals surface area contributed by atoms with E-state index in [1.807, 2.05) is 6.92 Å². The predicted octanol–water partition coefficient (Wildman–Crippen LogP) is 7.18. The van der Waals surface area contributed by atoms with Crippen LogP contribution < -0.4 is 19.1 Å². The fourth-order valence-corrected chi connectivity index (χ4v) is 6.64. The number of benzene rings is 3. The molecule has 0 saturated carbocycles. The molecule has 9 nitrogen and oxygen atoms in total.